The molecule has 2 aliphatic heterocycles. The number of benzene rings is 1. The van der Waals surface area contributed by atoms with Crippen LogP contribution in [0.5, 0.6) is 0 Å². The molecule has 3 rings (SSSR count). The molecular formula is C28H40N4O5. The minimum Gasteiger partial charge on any atom is -0.343 e. The summed E-state index contributed by atoms with van der Waals surface area (Å²) >= 11 is 0. The molecule has 37 heavy (non-hydrogen) atoms. The molecule has 0 saturated carbocycles. The van der Waals surface area contributed by atoms with Crippen LogP contribution in [0.1, 0.15) is 77.2 Å². The normalized spacial score (nSPS) is 25.2. The fraction of sp³-hybridized carbons (Fsp3) is 0.607. The molecule has 9 heteroatoms. The van der Waals surface area contributed by atoms with Gasteiger partial charge in [0, 0.05) is 25.8 Å². The van der Waals surface area contributed by atoms with Crippen LogP contribution >= 0.6 is 0 Å². The summed E-state index contributed by atoms with van der Waals surface area (Å²) in [6.45, 7) is 3.84. The van der Waals surface area contributed by atoms with Gasteiger partial charge in [-0.2, -0.15) is 0 Å². The molecule has 3 N–H and O–H groups in total. The molecule has 4 unspecified atom stereocenters. The van der Waals surface area contributed by atoms with E-state index in [9.17, 15) is 24.0 Å². The van der Waals surface area contributed by atoms with Crippen molar-refractivity contribution in [3.63, 3.8) is 0 Å². The fourth-order valence-electron chi connectivity index (χ4n) is 4.96. The third kappa shape index (κ3) is 8.13. The molecule has 2 heterocycles. The summed E-state index contributed by atoms with van der Waals surface area (Å²) in [5.41, 5.74) is 0.892. The summed E-state index contributed by atoms with van der Waals surface area (Å²) in [5, 5.41) is 8.42. The molecule has 1 aromatic carbocycles. The van der Waals surface area contributed by atoms with E-state index in [1.165, 1.54) is 0 Å². The fourth-order valence-corrected chi connectivity index (χ4v) is 4.96. The van der Waals surface area contributed by atoms with E-state index < -0.39 is 36.0 Å². The number of Topliss-reactive ketones (excluding diaryl/α,β-unsaturated/α-hetero) is 1. The largest absolute Gasteiger partial charge is 0.343 e. The molecule has 0 bridgehead atoms. The number of hydrogen-bond acceptors (Lipinski definition) is 5. The Morgan fingerprint density at radius 3 is 2.35 bits per heavy atom. The summed E-state index contributed by atoms with van der Waals surface area (Å²) in [6.07, 6.45) is 5.96. The molecule has 202 valence electrons. The maximum atomic E-state index is 13.7. The number of ketones is 1. The Morgan fingerprint density at radius 1 is 0.892 bits per heavy atom. The molecule has 1 aromatic rings. The Balaban J connectivity index is 1.78. The molecule has 0 spiro atoms. The molecule has 4 amide bonds. The third-order valence-corrected chi connectivity index (χ3v) is 7.21. The lowest BCUT2D eigenvalue weighted by atomic mass is 9.97. The lowest BCUT2D eigenvalue weighted by molar-refractivity contribution is -0.146. The zero-order valence-electron chi connectivity index (χ0n) is 22.0. The predicted molar refractivity (Wildman–Crippen MR) is 139 cm³/mol. The lowest BCUT2D eigenvalue weighted by Crippen LogP contribution is -2.63. The van der Waals surface area contributed by atoms with Gasteiger partial charge in [0.05, 0.1) is 0 Å². The van der Waals surface area contributed by atoms with Crippen LogP contribution in [0.4, 0.5) is 0 Å². The second-order valence-corrected chi connectivity index (χ2v) is 10.1. The number of nitrogens with zero attached hydrogens (tertiary/aromatic N) is 1. The topological polar surface area (TPSA) is 125 Å². The maximum Gasteiger partial charge on any atom is 0.246 e. The van der Waals surface area contributed by atoms with Gasteiger partial charge in [-0.15, -0.1) is 0 Å². The van der Waals surface area contributed by atoms with E-state index in [-0.39, 0.29) is 17.6 Å². The monoisotopic (exact) mass is 512 g/mol. The second kappa shape index (κ2) is 13.9. The van der Waals surface area contributed by atoms with Gasteiger partial charge in [-0.3, -0.25) is 24.0 Å². The number of amides is 4. The Morgan fingerprint density at radius 2 is 1.62 bits per heavy atom. The quantitative estimate of drug-likeness (QED) is 0.437. The lowest BCUT2D eigenvalue weighted by Gasteiger charge is -2.38. The van der Waals surface area contributed by atoms with Crippen LogP contribution in [-0.2, 0) is 30.4 Å². The molecule has 2 aliphatic rings. The standard InChI is InChI=1S/C28H40N4O5/c1-3-21(33)14-8-5-9-15-22-26(35)29-19(2)25(34)31-23(18-20-12-6-4-7-13-20)28(37)32-17-11-10-16-24(32)27(36)30-22/h4,6-7,12-13,19,22-24H,3,5,8-11,14-18H2,1-2H3,(H,29,35)(H,30,36)(H,31,34). The van der Waals surface area contributed by atoms with Gasteiger partial charge in [-0.1, -0.05) is 50.1 Å². The van der Waals surface area contributed by atoms with Crippen LogP contribution in [0, 0.1) is 0 Å². The molecule has 2 saturated heterocycles. The van der Waals surface area contributed by atoms with Crippen molar-refractivity contribution < 1.29 is 24.0 Å². The molecule has 4 atom stereocenters. The van der Waals surface area contributed by atoms with Crippen molar-refractivity contribution in [2.75, 3.05) is 6.54 Å². The van der Waals surface area contributed by atoms with E-state index in [1.54, 1.807) is 11.8 Å². The Kier molecular flexibility index (Phi) is 10.7. The third-order valence-electron chi connectivity index (χ3n) is 7.21. The average Bonchev–Trinajstić information content (AvgIpc) is 2.91. The summed E-state index contributed by atoms with van der Waals surface area (Å²) in [6, 6.07) is 6.19. The van der Waals surface area contributed by atoms with E-state index in [0.29, 0.717) is 45.1 Å². The summed E-state index contributed by atoms with van der Waals surface area (Å²) < 4.78 is 0. The molecule has 2 fully saturated rings. The van der Waals surface area contributed by atoms with E-state index in [2.05, 4.69) is 16.0 Å². The number of rotatable bonds is 9. The van der Waals surface area contributed by atoms with Gasteiger partial charge in [0.1, 0.15) is 30.0 Å². The van der Waals surface area contributed by atoms with Crippen molar-refractivity contribution in [1.82, 2.24) is 20.9 Å². The van der Waals surface area contributed by atoms with E-state index in [4.69, 9.17) is 0 Å². The van der Waals surface area contributed by atoms with Gasteiger partial charge in [-0.25, -0.2) is 0 Å². The Bertz CT molecular complexity index is 967. The summed E-state index contributed by atoms with van der Waals surface area (Å²) in [5.74, 6) is -1.28. The van der Waals surface area contributed by atoms with Crippen molar-refractivity contribution in [3.05, 3.63) is 35.9 Å². The molecular weight excluding hydrogens is 472 g/mol. The highest BCUT2D eigenvalue weighted by Crippen LogP contribution is 2.20. The van der Waals surface area contributed by atoms with Crippen LogP contribution in [0.2, 0.25) is 0 Å². The Labute approximate surface area is 219 Å². The molecule has 9 nitrogen and oxygen atoms in total. The SMILES string of the molecule is CCC(=O)CCCCCC1NC(=O)C2CCCCN2C(=O)C(Cc2ccccc2)NC(=O)C(C)NC1=O. The van der Waals surface area contributed by atoms with Crippen molar-refractivity contribution in [2.45, 2.75) is 102 Å². The zero-order valence-corrected chi connectivity index (χ0v) is 22.0. The number of carbonyl (C=O) groups excluding carboxylic acids is 5. The minimum absolute atomic E-state index is 0.213. The number of unbranched alkanes of at least 4 members (excludes halogenated alkanes) is 2. The smallest absolute Gasteiger partial charge is 0.246 e. The zero-order chi connectivity index (χ0) is 26.8. The highest BCUT2D eigenvalue weighted by atomic mass is 16.2. The van der Waals surface area contributed by atoms with Crippen molar-refractivity contribution in [3.8, 4) is 0 Å². The van der Waals surface area contributed by atoms with E-state index in [1.807, 2.05) is 37.3 Å². The van der Waals surface area contributed by atoms with Crippen LogP contribution in [0.15, 0.2) is 30.3 Å². The first-order chi connectivity index (χ1) is 17.8. The van der Waals surface area contributed by atoms with Gasteiger partial charge < -0.3 is 20.9 Å². The predicted octanol–water partition coefficient (Wildman–Crippen LogP) is 2.03. The average molecular weight is 513 g/mol. The van der Waals surface area contributed by atoms with Crippen molar-refractivity contribution in [2.24, 2.45) is 0 Å². The second-order valence-electron chi connectivity index (χ2n) is 10.1. The molecule has 0 aliphatic carbocycles. The van der Waals surface area contributed by atoms with Gasteiger partial charge in [0.25, 0.3) is 0 Å². The van der Waals surface area contributed by atoms with Gasteiger partial charge >= 0.3 is 0 Å². The molecule has 0 radical (unpaired) electrons. The molecule has 0 aromatic heterocycles. The van der Waals surface area contributed by atoms with Crippen LogP contribution in [0.3, 0.4) is 0 Å². The van der Waals surface area contributed by atoms with Crippen LogP contribution in [0.25, 0.3) is 0 Å². The maximum absolute atomic E-state index is 13.7. The number of fused-ring (bicyclic) bond motifs is 1. The van der Waals surface area contributed by atoms with Gasteiger partial charge in [0.15, 0.2) is 0 Å². The number of hydrogen-bond donors (Lipinski definition) is 3. The highest BCUT2D eigenvalue weighted by molar-refractivity contribution is 5.97. The van der Waals surface area contributed by atoms with Gasteiger partial charge in [0.2, 0.25) is 23.6 Å². The van der Waals surface area contributed by atoms with Crippen LogP contribution in [-0.4, -0.2) is 65.0 Å². The minimum atomic E-state index is -0.878. The first kappa shape index (κ1) is 28.3. The highest BCUT2D eigenvalue weighted by Gasteiger charge is 2.38. The number of nitrogens with one attached hydrogen (secondary N) is 3. The van der Waals surface area contributed by atoms with Crippen LogP contribution < -0.4 is 16.0 Å². The van der Waals surface area contributed by atoms with E-state index in [0.717, 1.165) is 31.2 Å². The van der Waals surface area contributed by atoms with Gasteiger partial charge in [-0.05, 0) is 44.6 Å². The number of carbonyl (C=O) groups is 5. The summed E-state index contributed by atoms with van der Waals surface area (Å²) in [4.78, 5) is 66.3. The first-order valence-corrected chi connectivity index (χ1v) is 13.6. The first-order valence-electron chi connectivity index (χ1n) is 13.6. The Hall–Kier alpha value is -3.23. The number of piperidine rings is 1. The van der Waals surface area contributed by atoms with E-state index >= 15 is 0 Å². The van der Waals surface area contributed by atoms with Crippen molar-refractivity contribution >= 4 is 29.4 Å². The van der Waals surface area contributed by atoms with Crippen molar-refractivity contribution in [1.29, 1.82) is 0 Å². The summed E-state index contributed by atoms with van der Waals surface area (Å²) in [7, 11) is 0.